The number of nitriles is 1. The van der Waals surface area contributed by atoms with Crippen molar-refractivity contribution in [3.63, 3.8) is 0 Å². The van der Waals surface area contributed by atoms with E-state index in [0.717, 1.165) is 18.4 Å². The van der Waals surface area contributed by atoms with E-state index in [1.54, 1.807) is 29.2 Å². The van der Waals surface area contributed by atoms with E-state index in [9.17, 15) is 4.79 Å². The van der Waals surface area contributed by atoms with Gasteiger partial charge >= 0.3 is 0 Å². The SMILES string of the molecule is N#Cc1cccc(C(=O)N2CCCC(c3nc(CCOCc4ccccc4)no3)C2)c1. The second-order valence-electron chi connectivity index (χ2n) is 7.62. The lowest BCUT2D eigenvalue weighted by molar-refractivity contribution is 0.0695. The molecule has 7 nitrogen and oxygen atoms in total. The Kier molecular flexibility index (Phi) is 6.70. The molecule has 0 bridgehead atoms. The maximum atomic E-state index is 12.9. The van der Waals surface area contributed by atoms with Gasteiger partial charge in [0.2, 0.25) is 5.89 Å². The van der Waals surface area contributed by atoms with Crippen LogP contribution in [0.4, 0.5) is 0 Å². The van der Waals surface area contributed by atoms with Gasteiger partial charge in [-0.1, -0.05) is 41.6 Å². The van der Waals surface area contributed by atoms with E-state index >= 15 is 0 Å². The molecule has 1 amide bonds. The summed E-state index contributed by atoms with van der Waals surface area (Å²) in [6, 6.07) is 18.9. The lowest BCUT2D eigenvalue weighted by Crippen LogP contribution is -2.39. The number of likely N-dealkylation sites (tertiary alicyclic amines) is 1. The van der Waals surface area contributed by atoms with Crippen molar-refractivity contribution in [2.75, 3.05) is 19.7 Å². The van der Waals surface area contributed by atoms with E-state index in [1.807, 2.05) is 30.3 Å². The van der Waals surface area contributed by atoms with Crippen molar-refractivity contribution in [1.82, 2.24) is 15.0 Å². The molecule has 0 radical (unpaired) electrons. The largest absolute Gasteiger partial charge is 0.376 e. The molecule has 1 aromatic heterocycles. The highest BCUT2D eigenvalue weighted by molar-refractivity contribution is 5.94. The Hall–Kier alpha value is -3.50. The van der Waals surface area contributed by atoms with E-state index < -0.39 is 0 Å². The van der Waals surface area contributed by atoms with E-state index in [1.165, 1.54) is 0 Å². The van der Waals surface area contributed by atoms with Crippen molar-refractivity contribution >= 4 is 5.91 Å². The van der Waals surface area contributed by atoms with Crippen LogP contribution in [0.2, 0.25) is 0 Å². The standard InChI is InChI=1S/C24H24N4O3/c25-15-19-8-4-9-20(14-19)24(29)28-12-5-10-21(16-28)23-26-22(27-31-23)11-13-30-17-18-6-2-1-3-7-18/h1-4,6-9,14,21H,5,10-13,16-17H2. The minimum atomic E-state index is -0.0733. The number of hydrogen-bond acceptors (Lipinski definition) is 6. The zero-order valence-electron chi connectivity index (χ0n) is 17.2. The third kappa shape index (κ3) is 5.36. The summed E-state index contributed by atoms with van der Waals surface area (Å²) in [4.78, 5) is 19.2. The van der Waals surface area contributed by atoms with Gasteiger partial charge in [0, 0.05) is 25.1 Å². The monoisotopic (exact) mass is 416 g/mol. The van der Waals surface area contributed by atoms with Gasteiger partial charge in [0.05, 0.1) is 30.8 Å². The van der Waals surface area contributed by atoms with Crippen LogP contribution in [-0.4, -0.2) is 40.6 Å². The summed E-state index contributed by atoms with van der Waals surface area (Å²) in [5, 5.41) is 13.2. The van der Waals surface area contributed by atoms with Gasteiger partial charge in [-0.25, -0.2) is 0 Å². The molecule has 1 fully saturated rings. The normalized spacial score (nSPS) is 16.1. The Morgan fingerprint density at radius 2 is 2.10 bits per heavy atom. The van der Waals surface area contributed by atoms with Crippen LogP contribution in [0.15, 0.2) is 59.1 Å². The number of rotatable bonds is 7. The van der Waals surface area contributed by atoms with Crippen LogP contribution >= 0.6 is 0 Å². The van der Waals surface area contributed by atoms with E-state index in [0.29, 0.717) is 55.6 Å². The first-order valence-corrected chi connectivity index (χ1v) is 10.5. The molecule has 1 aliphatic heterocycles. The zero-order chi connectivity index (χ0) is 21.5. The molecule has 3 aromatic rings. The number of ether oxygens (including phenoxy) is 1. The van der Waals surface area contributed by atoms with Crippen molar-refractivity contribution in [3.8, 4) is 6.07 Å². The minimum absolute atomic E-state index is 0.0170. The van der Waals surface area contributed by atoms with Gasteiger partial charge in [0.15, 0.2) is 5.82 Å². The average molecular weight is 416 g/mol. The molecule has 158 valence electrons. The molecule has 1 saturated heterocycles. The molecule has 1 atom stereocenters. The molecule has 2 aromatic carbocycles. The minimum Gasteiger partial charge on any atom is -0.376 e. The predicted molar refractivity (Wildman–Crippen MR) is 113 cm³/mol. The maximum Gasteiger partial charge on any atom is 0.253 e. The Labute approximate surface area is 181 Å². The average Bonchev–Trinajstić information content (AvgIpc) is 3.31. The molecule has 0 spiro atoms. The van der Waals surface area contributed by atoms with Crippen LogP contribution in [0.25, 0.3) is 0 Å². The maximum absolute atomic E-state index is 12.9. The Balaban J connectivity index is 1.31. The van der Waals surface area contributed by atoms with Crippen LogP contribution in [0.3, 0.4) is 0 Å². The topological polar surface area (TPSA) is 92.2 Å². The highest BCUT2D eigenvalue weighted by Crippen LogP contribution is 2.27. The van der Waals surface area contributed by atoms with Gasteiger partial charge in [-0.2, -0.15) is 10.2 Å². The van der Waals surface area contributed by atoms with Gasteiger partial charge < -0.3 is 14.2 Å². The summed E-state index contributed by atoms with van der Waals surface area (Å²) < 4.78 is 11.2. The van der Waals surface area contributed by atoms with Crippen molar-refractivity contribution in [1.29, 1.82) is 5.26 Å². The Morgan fingerprint density at radius 1 is 1.23 bits per heavy atom. The highest BCUT2D eigenvalue weighted by atomic mass is 16.5. The number of aromatic nitrogens is 2. The number of carbonyl (C=O) groups is 1. The van der Waals surface area contributed by atoms with Crippen molar-refractivity contribution in [3.05, 3.63) is 83.0 Å². The van der Waals surface area contributed by atoms with E-state index in [4.69, 9.17) is 14.5 Å². The van der Waals surface area contributed by atoms with Gasteiger partial charge in [0.25, 0.3) is 5.91 Å². The molecule has 1 unspecified atom stereocenters. The molecule has 31 heavy (non-hydrogen) atoms. The number of carbonyl (C=O) groups excluding carboxylic acids is 1. The van der Waals surface area contributed by atoms with Crippen LogP contribution in [0, 0.1) is 11.3 Å². The fraction of sp³-hybridized carbons (Fsp3) is 0.333. The van der Waals surface area contributed by atoms with Gasteiger partial charge in [-0.3, -0.25) is 4.79 Å². The number of benzene rings is 2. The first-order chi connectivity index (χ1) is 15.2. The van der Waals surface area contributed by atoms with Crippen LogP contribution in [-0.2, 0) is 17.8 Å². The fourth-order valence-electron chi connectivity index (χ4n) is 3.73. The highest BCUT2D eigenvalue weighted by Gasteiger charge is 2.29. The summed E-state index contributed by atoms with van der Waals surface area (Å²) in [6.07, 6.45) is 2.34. The fourth-order valence-corrected chi connectivity index (χ4v) is 3.73. The smallest absolute Gasteiger partial charge is 0.253 e. The Morgan fingerprint density at radius 3 is 2.94 bits per heavy atom. The van der Waals surface area contributed by atoms with Crippen molar-refractivity contribution in [2.45, 2.75) is 31.8 Å². The number of piperidine rings is 1. The lowest BCUT2D eigenvalue weighted by Gasteiger charge is -2.31. The summed E-state index contributed by atoms with van der Waals surface area (Å²) >= 11 is 0. The second-order valence-corrected chi connectivity index (χ2v) is 7.62. The summed E-state index contributed by atoms with van der Waals surface area (Å²) in [7, 11) is 0. The van der Waals surface area contributed by atoms with E-state index in [2.05, 4.69) is 16.2 Å². The molecular weight excluding hydrogens is 392 g/mol. The van der Waals surface area contributed by atoms with Crippen LogP contribution in [0.5, 0.6) is 0 Å². The lowest BCUT2D eigenvalue weighted by atomic mass is 9.97. The number of hydrogen-bond donors (Lipinski definition) is 0. The van der Waals surface area contributed by atoms with Gasteiger partial charge in [-0.15, -0.1) is 0 Å². The molecule has 2 heterocycles. The van der Waals surface area contributed by atoms with Crippen LogP contribution in [0.1, 0.15) is 52.0 Å². The summed E-state index contributed by atoms with van der Waals surface area (Å²) in [5.74, 6) is 1.13. The third-order valence-electron chi connectivity index (χ3n) is 5.36. The molecule has 0 aliphatic carbocycles. The number of amides is 1. The first kappa shape index (κ1) is 20.8. The molecule has 0 saturated carbocycles. The quantitative estimate of drug-likeness (QED) is 0.545. The van der Waals surface area contributed by atoms with Crippen molar-refractivity contribution in [2.24, 2.45) is 0 Å². The summed E-state index contributed by atoms with van der Waals surface area (Å²) in [5.41, 5.74) is 2.14. The van der Waals surface area contributed by atoms with Gasteiger partial charge in [0.1, 0.15) is 0 Å². The molecule has 0 N–H and O–H groups in total. The molecule has 4 rings (SSSR count). The molecule has 7 heteroatoms. The molecular formula is C24H24N4O3. The van der Waals surface area contributed by atoms with Gasteiger partial charge in [-0.05, 0) is 36.6 Å². The second kappa shape index (κ2) is 10.0. The third-order valence-corrected chi connectivity index (χ3v) is 5.36. The Bertz CT molecular complexity index is 1060. The summed E-state index contributed by atoms with van der Waals surface area (Å²) in [6.45, 7) is 2.28. The zero-order valence-corrected chi connectivity index (χ0v) is 17.2. The van der Waals surface area contributed by atoms with Crippen molar-refractivity contribution < 1.29 is 14.1 Å². The molecule has 1 aliphatic rings. The van der Waals surface area contributed by atoms with Crippen LogP contribution < -0.4 is 0 Å². The van der Waals surface area contributed by atoms with E-state index in [-0.39, 0.29) is 11.8 Å². The number of nitrogens with zero attached hydrogens (tertiary/aromatic N) is 4. The first-order valence-electron chi connectivity index (χ1n) is 10.5. The predicted octanol–water partition coefficient (Wildman–Crippen LogP) is 3.72.